The van der Waals surface area contributed by atoms with Crippen LogP contribution in [0.4, 0.5) is 13.2 Å². The molecule has 1 unspecified atom stereocenters. The van der Waals surface area contributed by atoms with Crippen LogP contribution in [0.15, 0.2) is 24.3 Å². The maximum atomic E-state index is 12.9. The van der Waals surface area contributed by atoms with Gasteiger partial charge in [0.05, 0.1) is 29.7 Å². The Morgan fingerprint density at radius 1 is 1.38 bits per heavy atom. The predicted molar refractivity (Wildman–Crippen MR) is 80.0 cm³/mol. The van der Waals surface area contributed by atoms with Gasteiger partial charge in [0.2, 0.25) is 5.91 Å². The molecular weight excluding hydrogens is 323 g/mol. The summed E-state index contributed by atoms with van der Waals surface area (Å²) in [5.74, 6) is -0.367. The number of carbonyl (C=O) groups is 1. The first kappa shape index (κ1) is 17.2. The van der Waals surface area contributed by atoms with Crippen molar-refractivity contribution in [1.82, 2.24) is 5.32 Å². The third-order valence-electron chi connectivity index (χ3n) is 4.93. The second-order valence-electron chi connectivity index (χ2n) is 6.73. The molecule has 3 rings (SSSR count). The van der Waals surface area contributed by atoms with E-state index in [0.717, 1.165) is 25.0 Å². The number of aliphatic hydroxyl groups excluding tert-OH is 1. The Bertz CT molecular complexity index is 622. The van der Waals surface area contributed by atoms with Gasteiger partial charge in [-0.1, -0.05) is 12.1 Å². The van der Waals surface area contributed by atoms with Crippen molar-refractivity contribution >= 4 is 5.91 Å². The number of nitrogens with one attached hydrogen (secondary N) is 1. The van der Waals surface area contributed by atoms with Gasteiger partial charge in [-0.05, 0) is 37.5 Å². The Morgan fingerprint density at radius 3 is 2.67 bits per heavy atom. The topological polar surface area (TPSA) is 58.6 Å². The van der Waals surface area contributed by atoms with Crippen molar-refractivity contribution in [2.75, 3.05) is 13.2 Å². The molecule has 4 nitrogen and oxygen atoms in total. The molecule has 2 N–H and O–H groups in total. The molecule has 1 saturated heterocycles. The van der Waals surface area contributed by atoms with Crippen LogP contribution in [0.3, 0.4) is 0 Å². The molecule has 1 aromatic rings. The van der Waals surface area contributed by atoms with Crippen LogP contribution >= 0.6 is 0 Å². The van der Waals surface area contributed by atoms with E-state index in [-0.39, 0.29) is 29.4 Å². The number of alkyl halides is 3. The molecule has 1 saturated carbocycles. The lowest BCUT2D eigenvalue weighted by molar-refractivity contribution is -0.137. The Labute approximate surface area is 138 Å². The van der Waals surface area contributed by atoms with Crippen LogP contribution in [0, 0.1) is 11.8 Å². The number of carbonyl (C=O) groups excluding carboxylic acids is 1. The molecule has 0 bridgehead atoms. The zero-order chi connectivity index (χ0) is 17.5. The van der Waals surface area contributed by atoms with Crippen LogP contribution < -0.4 is 5.32 Å². The highest BCUT2D eigenvalue weighted by Crippen LogP contribution is 2.48. The molecule has 1 aliphatic carbocycles. The van der Waals surface area contributed by atoms with E-state index in [2.05, 4.69) is 5.32 Å². The number of benzene rings is 1. The Kier molecular flexibility index (Phi) is 4.34. The highest BCUT2D eigenvalue weighted by Gasteiger charge is 2.57. The smallest absolute Gasteiger partial charge is 0.394 e. The van der Waals surface area contributed by atoms with Gasteiger partial charge < -0.3 is 15.2 Å². The van der Waals surface area contributed by atoms with Crippen molar-refractivity contribution in [3.8, 4) is 0 Å². The van der Waals surface area contributed by atoms with Crippen LogP contribution in [0.25, 0.3) is 0 Å². The van der Waals surface area contributed by atoms with Crippen molar-refractivity contribution in [1.29, 1.82) is 0 Å². The fourth-order valence-corrected chi connectivity index (χ4v) is 3.39. The molecule has 2 fully saturated rings. The normalized spacial score (nSPS) is 28.6. The van der Waals surface area contributed by atoms with E-state index in [1.165, 1.54) is 19.1 Å². The molecule has 2 aliphatic rings. The maximum Gasteiger partial charge on any atom is 0.416 e. The first-order chi connectivity index (χ1) is 11.3. The van der Waals surface area contributed by atoms with E-state index in [1.54, 1.807) is 0 Å². The average Bonchev–Trinajstić information content (AvgIpc) is 3.28. The first-order valence-electron chi connectivity index (χ1n) is 7.98. The van der Waals surface area contributed by atoms with Crippen LogP contribution in [0.2, 0.25) is 0 Å². The minimum absolute atomic E-state index is 0.0943. The number of aliphatic hydroxyl groups is 1. The fraction of sp³-hybridized carbons (Fsp3) is 0.588. The summed E-state index contributed by atoms with van der Waals surface area (Å²) in [7, 11) is 0. The standard InChI is InChI=1S/C17H20F3NO3/c1-16(9-22,10-4-2-5-11(8-10)17(18,19)20)21-15(23)13-12-6-3-7-24-14(12)13/h2,4-5,8,12-14,22H,3,6-7,9H2,1H3,(H,21,23)/t12-,13-,14-,16?/m1/s1. The molecule has 1 aromatic carbocycles. The number of fused-ring (bicyclic) bond motifs is 1. The Hall–Kier alpha value is -1.60. The summed E-state index contributed by atoms with van der Waals surface area (Å²) in [6, 6.07) is 4.68. The number of hydrogen-bond acceptors (Lipinski definition) is 3. The van der Waals surface area contributed by atoms with E-state index in [4.69, 9.17) is 4.74 Å². The quantitative estimate of drug-likeness (QED) is 0.883. The molecule has 132 valence electrons. The number of amides is 1. The molecule has 0 spiro atoms. The highest BCUT2D eigenvalue weighted by molar-refractivity contribution is 5.83. The zero-order valence-corrected chi connectivity index (χ0v) is 13.3. The van der Waals surface area contributed by atoms with Crippen molar-refractivity contribution < 1.29 is 27.8 Å². The molecule has 1 aliphatic heterocycles. The largest absolute Gasteiger partial charge is 0.416 e. The Morgan fingerprint density at radius 2 is 2.08 bits per heavy atom. The zero-order valence-electron chi connectivity index (χ0n) is 13.3. The van der Waals surface area contributed by atoms with Gasteiger partial charge in [-0.3, -0.25) is 4.79 Å². The third-order valence-corrected chi connectivity index (χ3v) is 4.93. The van der Waals surface area contributed by atoms with E-state index < -0.39 is 23.9 Å². The van der Waals surface area contributed by atoms with Crippen molar-refractivity contribution in [2.45, 2.75) is 37.6 Å². The summed E-state index contributed by atoms with van der Waals surface area (Å²) < 4.78 is 44.2. The lowest BCUT2D eigenvalue weighted by Gasteiger charge is -2.30. The summed E-state index contributed by atoms with van der Waals surface area (Å²) in [5, 5.41) is 12.4. The van der Waals surface area contributed by atoms with Crippen LogP contribution in [0.5, 0.6) is 0 Å². The summed E-state index contributed by atoms with van der Waals surface area (Å²) >= 11 is 0. The second kappa shape index (κ2) is 6.04. The van der Waals surface area contributed by atoms with E-state index >= 15 is 0 Å². The fourth-order valence-electron chi connectivity index (χ4n) is 3.39. The average molecular weight is 343 g/mol. The monoisotopic (exact) mass is 343 g/mol. The first-order valence-corrected chi connectivity index (χ1v) is 7.98. The third kappa shape index (κ3) is 3.15. The molecule has 1 heterocycles. The number of halogens is 3. The molecule has 0 aromatic heterocycles. The summed E-state index contributed by atoms with van der Waals surface area (Å²) in [6.45, 7) is 1.66. The molecule has 24 heavy (non-hydrogen) atoms. The van der Waals surface area contributed by atoms with Crippen LogP contribution in [-0.2, 0) is 21.2 Å². The van der Waals surface area contributed by atoms with Crippen molar-refractivity contribution in [3.63, 3.8) is 0 Å². The minimum atomic E-state index is -4.48. The van der Waals surface area contributed by atoms with E-state index in [9.17, 15) is 23.1 Å². The van der Waals surface area contributed by atoms with Gasteiger partial charge in [-0.25, -0.2) is 0 Å². The van der Waals surface area contributed by atoms with Gasteiger partial charge >= 0.3 is 6.18 Å². The minimum Gasteiger partial charge on any atom is -0.394 e. The number of hydrogen-bond donors (Lipinski definition) is 2. The molecule has 7 heteroatoms. The SMILES string of the molecule is CC(CO)(NC(=O)[C@@H]1[C@H]2CCCO[C@H]21)c1cccc(C(F)(F)F)c1. The highest BCUT2D eigenvalue weighted by atomic mass is 19.4. The van der Waals surface area contributed by atoms with Gasteiger partial charge in [0, 0.05) is 12.5 Å². The number of rotatable bonds is 4. The number of ether oxygens (including phenoxy) is 1. The molecule has 4 atom stereocenters. The van der Waals surface area contributed by atoms with Gasteiger partial charge in [0.15, 0.2) is 0 Å². The summed E-state index contributed by atoms with van der Waals surface area (Å²) in [6.07, 6.45) is -2.74. The summed E-state index contributed by atoms with van der Waals surface area (Å²) in [4.78, 5) is 12.5. The van der Waals surface area contributed by atoms with Gasteiger partial charge in [-0.15, -0.1) is 0 Å². The maximum absolute atomic E-state index is 12.9. The van der Waals surface area contributed by atoms with Crippen molar-refractivity contribution in [2.24, 2.45) is 11.8 Å². The summed E-state index contributed by atoms with van der Waals surface area (Å²) in [5.41, 5.74) is -1.86. The van der Waals surface area contributed by atoms with Gasteiger partial charge in [0.1, 0.15) is 0 Å². The van der Waals surface area contributed by atoms with Crippen molar-refractivity contribution in [3.05, 3.63) is 35.4 Å². The van der Waals surface area contributed by atoms with Crippen LogP contribution in [0.1, 0.15) is 30.9 Å². The molecular formula is C17H20F3NO3. The lowest BCUT2D eigenvalue weighted by Crippen LogP contribution is -2.47. The van der Waals surface area contributed by atoms with Crippen LogP contribution in [-0.4, -0.2) is 30.3 Å². The molecule has 1 amide bonds. The van der Waals surface area contributed by atoms with E-state index in [0.29, 0.717) is 6.61 Å². The predicted octanol–water partition coefficient (Wildman–Crippen LogP) is 2.45. The van der Waals surface area contributed by atoms with Gasteiger partial charge in [-0.2, -0.15) is 13.2 Å². The second-order valence-corrected chi connectivity index (χ2v) is 6.73. The Balaban J connectivity index is 1.78. The molecule has 0 radical (unpaired) electrons. The lowest BCUT2D eigenvalue weighted by atomic mass is 9.91. The van der Waals surface area contributed by atoms with Gasteiger partial charge in [0.25, 0.3) is 0 Å². The van der Waals surface area contributed by atoms with E-state index in [1.807, 2.05) is 0 Å².